The number of carbonyl (C=O) groups is 1. The first-order chi connectivity index (χ1) is 19.1. The molecule has 0 aliphatic carbocycles. The fourth-order valence-corrected chi connectivity index (χ4v) is 5.03. The molecule has 2 aliphatic rings. The summed E-state index contributed by atoms with van der Waals surface area (Å²) in [5, 5.41) is 9.57. The largest absolute Gasteiger partial charge is 0.461 e. The van der Waals surface area contributed by atoms with Crippen LogP contribution >= 0.6 is 22.6 Å². The molecular weight excluding hydrogens is 615 g/mol. The number of aliphatic hydroxyl groups is 1. The predicted octanol–water partition coefficient (Wildman–Crippen LogP) is 4.43. The van der Waals surface area contributed by atoms with Gasteiger partial charge in [0, 0.05) is 15.6 Å². The summed E-state index contributed by atoms with van der Waals surface area (Å²) in [7, 11) is 0. The van der Waals surface area contributed by atoms with E-state index in [4.69, 9.17) is 28.4 Å². The molecule has 8 nitrogen and oxygen atoms in total. The highest BCUT2D eigenvalue weighted by atomic mass is 127. The third-order valence-electron chi connectivity index (χ3n) is 6.55. The fourth-order valence-electron chi connectivity index (χ4n) is 4.67. The van der Waals surface area contributed by atoms with Crippen molar-refractivity contribution in [3.8, 4) is 5.75 Å². The monoisotopic (exact) mass is 646 g/mol. The molecule has 0 amide bonds. The Labute approximate surface area is 241 Å². The zero-order valence-electron chi connectivity index (χ0n) is 21.3. The van der Waals surface area contributed by atoms with E-state index in [1.165, 1.54) is 0 Å². The minimum Gasteiger partial charge on any atom is -0.461 e. The SMILES string of the molecule is O=C(CCc1ccccc1)O[C@H]1[C@H](Oc2ccc(I)cc2)O[C@@H]2COC(c3ccccc3)O[C@H]2[C@@H]1OCCO. The Bertz CT molecular complexity index is 1180. The van der Waals surface area contributed by atoms with Gasteiger partial charge in [-0.05, 0) is 58.8 Å². The van der Waals surface area contributed by atoms with Gasteiger partial charge in [-0.1, -0.05) is 60.7 Å². The Kier molecular flexibility index (Phi) is 9.83. The summed E-state index contributed by atoms with van der Waals surface area (Å²) in [6, 6.07) is 26.8. The molecule has 2 fully saturated rings. The van der Waals surface area contributed by atoms with Gasteiger partial charge in [-0.3, -0.25) is 4.79 Å². The molecule has 2 aliphatic heterocycles. The van der Waals surface area contributed by atoms with Gasteiger partial charge in [0.25, 0.3) is 0 Å². The lowest BCUT2D eigenvalue weighted by molar-refractivity contribution is -0.355. The molecular formula is C30H31IO8. The van der Waals surface area contributed by atoms with Crippen molar-refractivity contribution in [2.24, 2.45) is 0 Å². The maximum Gasteiger partial charge on any atom is 0.306 e. The molecule has 5 rings (SSSR count). The first kappa shape index (κ1) is 28.0. The number of hydrogen-bond acceptors (Lipinski definition) is 8. The topological polar surface area (TPSA) is 92.7 Å². The van der Waals surface area contributed by atoms with Crippen LogP contribution in [-0.4, -0.2) is 61.6 Å². The van der Waals surface area contributed by atoms with Gasteiger partial charge in [-0.15, -0.1) is 0 Å². The van der Waals surface area contributed by atoms with Crippen LogP contribution in [0.25, 0.3) is 0 Å². The molecule has 1 unspecified atom stereocenters. The summed E-state index contributed by atoms with van der Waals surface area (Å²) < 4.78 is 38.0. The van der Waals surface area contributed by atoms with E-state index in [1.54, 1.807) is 0 Å². The van der Waals surface area contributed by atoms with Crippen molar-refractivity contribution in [2.45, 2.75) is 49.8 Å². The van der Waals surface area contributed by atoms with Crippen LogP contribution in [-0.2, 0) is 34.9 Å². The van der Waals surface area contributed by atoms with Crippen molar-refractivity contribution >= 4 is 28.6 Å². The number of ether oxygens (including phenoxy) is 6. The zero-order chi connectivity index (χ0) is 27.0. The molecule has 39 heavy (non-hydrogen) atoms. The fraction of sp³-hybridized carbons (Fsp3) is 0.367. The van der Waals surface area contributed by atoms with E-state index in [2.05, 4.69) is 22.6 Å². The summed E-state index contributed by atoms with van der Waals surface area (Å²) in [5.74, 6) is 0.149. The Morgan fingerprint density at radius 3 is 2.36 bits per heavy atom. The third kappa shape index (κ3) is 7.36. The predicted molar refractivity (Wildman–Crippen MR) is 150 cm³/mol. The number of aliphatic hydroxyl groups excluding tert-OH is 1. The van der Waals surface area contributed by atoms with Crippen molar-refractivity contribution in [2.75, 3.05) is 19.8 Å². The van der Waals surface area contributed by atoms with Crippen LogP contribution in [0.4, 0.5) is 0 Å². The lowest BCUT2D eigenvalue weighted by Gasteiger charge is -2.48. The van der Waals surface area contributed by atoms with Crippen molar-refractivity contribution < 1.29 is 38.3 Å². The summed E-state index contributed by atoms with van der Waals surface area (Å²) in [4.78, 5) is 13.1. The summed E-state index contributed by atoms with van der Waals surface area (Å²) in [5.41, 5.74) is 1.89. The van der Waals surface area contributed by atoms with E-state index < -0.39 is 43.0 Å². The number of halogens is 1. The number of aryl methyl sites for hydroxylation is 1. The lowest BCUT2D eigenvalue weighted by Crippen LogP contribution is -2.64. The molecule has 2 heterocycles. The standard InChI is InChI=1S/C30H31IO8/c31-22-12-14-23(15-13-22)36-30-28(38-25(33)16-11-20-7-3-1-4-8-20)27(34-18-17-32)26-24(37-30)19-35-29(39-26)21-9-5-2-6-10-21/h1-10,12-15,24,26-30,32H,11,16-19H2/t24-,26-,27+,28-,29?,30-/m1/s1. The molecule has 0 bridgehead atoms. The van der Waals surface area contributed by atoms with Crippen LogP contribution in [0.3, 0.4) is 0 Å². The maximum atomic E-state index is 13.1. The minimum absolute atomic E-state index is 0.0302. The van der Waals surface area contributed by atoms with Crippen molar-refractivity contribution in [1.82, 2.24) is 0 Å². The Hall–Kier alpha value is -2.54. The van der Waals surface area contributed by atoms with Gasteiger partial charge in [-0.2, -0.15) is 0 Å². The van der Waals surface area contributed by atoms with Crippen LogP contribution in [0.15, 0.2) is 84.9 Å². The quantitative estimate of drug-likeness (QED) is 0.256. The summed E-state index contributed by atoms with van der Waals surface area (Å²) in [6.07, 6.45) is -3.79. The second-order valence-electron chi connectivity index (χ2n) is 9.29. The van der Waals surface area contributed by atoms with Crippen LogP contribution in [0, 0.1) is 3.57 Å². The van der Waals surface area contributed by atoms with Gasteiger partial charge < -0.3 is 33.5 Å². The molecule has 3 aromatic rings. The zero-order valence-corrected chi connectivity index (χ0v) is 23.4. The molecule has 0 radical (unpaired) electrons. The second kappa shape index (κ2) is 13.7. The summed E-state index contributed by atoms with van der Waals surface area (Å²) >= 11 is 2.22. The summed E-state index contributed by atoms with van der Waals surface area (Å²) in [6.45, 7) is 0.0531. The van der Waals surface area contributed by atoms with Crippen LogP contribution < -0.4 is 4.74 Å². The highest BCUT2D eigenvalue weighted by molar-refractivity contribution is 14.1. The lowest BCUT2D eigenvalue weighted by atomic mass is 9.97. The van der Waals surface area contributed by atoms with Gasteiger partial charge in [-0.25, -0.2) is 0 Å². The van der Waals surface area contributed by atoms with Gasteiger partial charge >= 0.3 is 5.97 Å². The van der Waals surface area contributed by atoms with Crippen molar-refractivity contribution in [3.05, 3.63) is 99.6 Å². The first-order valence-corrected chi connectivity index (χ1v) is 14.0. The molecule has 0 aromatic heterocycles. The maximum absolute atomic E-state index is 13.1. The molecule has 1 N–H and O–H groups in total. The Morgan fingerprint density at radius 2 is 1.64 bits per heavy atom. The number of benzene rings is 3. The van der Waals surface area contributed by atoms with Crippen LogP contribution in [0.5, 0.6) is 5.75 Å². The first-order valence-electron chi connectivity index (χ1n) is 13.0. The average molecular weight is 646 g/mol. The highest BCUT2D eigenvalue weighted by Crippen LogP contribution is 2.37. The van der Waals surface area contributed by atoms with E-state index in [-0.39, 0.29) is 26.2 Å². The Morgan fingerprint density at radius 1 is 0.923 bits per heavy atom. The number of fused-ring (bicyclic) bond motifs is 1. The van der Waals surface area contributed by atoms with E-state index in [9.17, 15) is 9.90 Å². The van der Waals surface area contributed by atoms with E-state index >= 15 is 0 Å². The second-order valence-corrected chi connectivity index (χ2v) is 10.5. The van der Waals surface area contributed by atoms with Crippen molar-refractivity contribution in [1.29, 1.82) is 0 Å². The molecule has 0 saturated carbocycles. The van der Waals surface area contributed by atoms with E-state index in [0.29, 0.717) is 12.2 Å². The highest BCUT2D eigenvalue weighted by Gasteiger charge is 2.53. The van der Waals surface area contributed by atoms with Gasteiger partial charge in [0.1, 0.15) is 24.1 Å². The normalized spacial score (nSPS) is 26.4. The van der Waals surface area contributed by atoms with Crippen molar-refractivity contribution in [3.63, 3.8) is 0 Å². The van der Waals surface area contributed by atoms with Crippen LogP contribution in [0.1, 0.15) is 23.8 Å². The smallest absolute Gasteiger partial charge is 0.306 e. The van der Waals surface area contributed by atoms with Gasteiger partial charge in [0.2, 0.25) is 6.29 Å². The molecule has 0 spiro atoms. The number of esters is 1. The average Bonchev–Trinajstić information content (AvgIpc) is 2.98. The molecule has 6 atom stereocenters. The van der Waals surface area contributed by atoms with Gasteiger partial charge in [0.05, 0.1) is 19.8 Å². The minimum atomic E-state index is -0.976. The number of hydrogen-bond donors (Lipinski definition) is 1. The third-order valence-corrected chi connectivity index (χ3v) is 7.27. The van der Waals surface area contributed by atoms with Gasteiger partial charge in [0.15, 0.2) is 12.4 Å². The Balaban J connectivity index is 1.38. The number of rotatable bonds is 10. The van der Waals surface area contributed by atoms with Crippen LogP contribution in [0.2, 0.25) is 0 Å². The molecule has 2 saturated heterocycles. The number of carbonyl (C=O) groups excluding carboxylic acids is 1. The molecule has 9 heteroatoms. The molecule has 206 valence electrons. The molecule has 3 aromatic carbocycles. The van der Waals surface area contributed by atoms with E-state index in [0.717, 1.165) is 14.7 Å². The van der Waals surface area contributed by atoms with E-state index in [1.807, 2.05) is 84.9 Å².